The molecular weight excluding hydrogens is 324 g/mol. The minimum Gasteiger partial charge on any atom is -0.454 e. The normalized spacial score (nSPS) is 10.5. The number of benzene rings is 2. The van der Waals surface area contributed by atoms with Crippen LogP contribution in [0.3, 0.4) is 0 Å². The van der Waals surface area contributed by atoms with Gasteiger partial charge in [-0.15, -0.1) is 0 Å². The van der Waals surface area contributed by atoms with Crippen molar-refractivity contribution in [1.29, 1.82) is 10.8 Å². The molecule has 0 aliphatic heterocycles. The van der Waals surface area contributed by atoms with Gasteiger partial charge in [-0.25, -0.2) is 0 Å². The van der Waals surface area contributed by atoms with Crippen molar-refractivity contribution in [3.05, 3.63) is 70.7 Å². The number of amidine groups is 2. The van der Waals surface area contributed by atoms with Crippen molar-refractivity contribution in [2.45, 2.75) is 0 Å². The predicted molar refractivity (Wildman–Crippen MR) is 96.6 cm³/mol. The van der Waals surface area contributed by atoms with Crippen LogP contribution in [0.15, 0.2) is 59.0 Å². The summed E-state index contributed by atoms with van der Waals surface area (Å²) in [6, 6.07) is 16.0. The molecule has 0 aliphatic rings. The fourth-order valence-electron chi connectivity index (χ4n) is 2.32. The Hall–Kier alpha value is -3.05. The zero-order valence-corrected chi connectivity index (χ0v) is 13.4. The lowest BCUT2D eigenvalue weighted by Gasteiger charge is -2.02. The molecule has 3 rings (SSSR count). The molecule has 0 amide bonds. The van der Waals surface area contributed by atoms with Crippen LogP contribution in [0.25, 0.3) is 22.6 Å². The zero-order chi connectivity index (χ0) is 17.3. The van der Waals surface area contributed by atoms with E-state index >= 15 is 0 Å². The average Bonchev–Trinajstić information content (AvgIpc) is 2.97. The van der Waals surface area contributed by atoms with Crippen LogP contribution in [-0.2, 0) is 0 Å². The molecule has 0 bridgehead atoms. The van der Waals surface area contributed by atoms with Crippen molar-refractivity contribution in [1.82, 2.24) is 0 Å². The Labute approximate surface area is 143 Å². The first kappa shape index (κ1) is 15.8. The summed E-state index contributed by atoms with van der Waals surface area (Å²) < 4.78 is 5.89. The molecule has 120 valence electrons. The molecule has 0 radical (unpaired) electrons. The van der Waals surface area contributed by atoms with Crippen molar-refractivity contribution in [2.24, 2.45) is 11.5 Å². The molecule has 6 N–H and O–H groups in total. The highest BCUT2D eigenvalue weighted by atomic mass is 35.5. The second-order valence-corrected chi connectivity index (χ2v) is 5.68. The second kappa shape index (κ2) is 6.22. The van der Waals surface area contributed by atoms with Gasteiger partial charge in [-0.05, 0) is 0 Å². The molecule has 6 heteroatoms. The molecule has 0 saturated heterocycles. The summed E-state index contributed by atoms with van der Waals surface area (Å²) in [5.41, 5.74) is 13.8. The van der Waals surface area contributed by atoms with Gasteiger partial charge in [-0.3, -0.25) is 10.8 Å². The highest BCUT2D eigenvalue weighted by molar-refractivity contribution is 6.33. The van der Waals surface area contributed by atoms with Crippen LogP contribution >= 0.6 is 11.6 Å². The highest BCUT2D eigenvalue weighted by Crippen LogP contribution is 2.35. The van der Waals surface area contributed by atoms with Crippen LogP contribution in [0.5, 0.6) is 0 Å². The van der Waals surface area contributed by atoms with Gasteiger partial charge in [0.25, 0.3) is 0 Å². The first-order chi connectivity index (χ1) is 11.5. The predicted octanol–water partition coefficient (Wildman–Crippen LogP) is 3.84. The van der Waals surface area contributed by atoms with Gasteiger partial charge in [0, 0.05) is 28.3 Å². The summed E-state index contributed by atoms with van der Waals surface area (Å²) in [6.07, 6.45) is 0. The van der Waals surface area contributed by atoms with Gasteiger partial charge in [-0.2, -0.15) is 0 Å². The van der Waals surface area contributed by atoms with E-state index in [0.717, 1.165) is 11.1 Å². The summed E-state index contributed by atoms with van der Waals surface area (Å²) in [7, 11) is 0. The van der Waals surface area contributed by atoms with E-state index in [0.29, 0.717) is 27.7 Å². The van der Waals surface area contributed by atoms with Gasteiger partial charge in [0.05, 0.1) is 5.02 Å². The molecule has 3 aromatic rings. The minimum absolute atomic E-state index is 0.0124. The molecular formula is C18H15ClN4O. The SMILES string of the molecule is N=C(N)c1ccc(-c2cc(Cl)c(-c3ccc(C(=N)N)cc3)o2)cc1. The molecule has 0 saturated carbocycles. The largest absolute Gasteiger partial charge is 0.454 e. The quantitative estimate of drug-likeness (QED) is 0.428. The van der Waals surface area contributed by atoms with Gasteiger partial charge in [0.15, 0.2) is 5.76 Å². The maximum absolute atomic E-state index is 7.42. The van der Waals surface area contributed by atoms with Crippen molar-refractivity contribution >= 4 is 23.3 Å². The van der Waals surface area contributed by atoms with Crippen LogP contribution in [0, 0.1) is 10.8 Å². The molecule has 0 atom stereocenters. The molecule has 24 heavy (non-hydrogen) atoms. The first-order valence-electron chi connectivity index (χ1n) is 7.14. The number of halogens is 1. The van der Waals surface area contributed by atoms with Gasteiger partial charge < -0.3 is 15.9 Å². The number of rotatable bonds is 4. The van der Waals surface area contributed by atoms with E-state index in [-0.39, 0.29) is 11.7 Å². The standard InChI is InChI=1S/C18H15ClN4O/c19-14-9-15(10-1-5-12(6-2-10)17(20)21)24-16(14)11-3-7-13(8-4-11)18(22)23/h1-9H,(H3,20,21)(H3,22,23). The summed E-state index contributed by atoms with van der Waals surface area (Å²) in [6.45, 7) is 0. The van der Waals surface area contributed by atoms with E-state index in [1.807, 2.05) is 24.3 Å². The monoisotopic (exact) mass is 338 g/mol. The first-order valence-corrected chi connectivity index (χ1v) is 7.52. The topological polar surface area (TPSA) is 113 Å². The molecule has 5 nitrogen and oxygen atoms in total. The summed E-state index contributed by atoms with van der Waals surface area (Å²) >= 11 is 6.30. The van der Waals surface area contributed by atoms with Crippen LogP contribution in [0.1, 0.15) is 11.1 Å². The van der Waals surface area contributed by atoms with Crippen LogP contribution in [0.4, 0.5) is 0 Å². The average molecular weight is 339 g/mol. The van der Waals surface area contributed by atoms with E-state index in [9.17, 15) is 0 Å². The molecule has 1 aromatic heterocycles. The molecule has 0 unspecified atom stereocenters. The van der Waals surface area contributed by atoms with E-state index in [1.54, 1.807) is 30.3 Å². The Kier molecular flexibility index (Phi) is 4.10. The molecule has 0 spiro atoms. The summed E-state index contributed by atoms with van der Waals surface area (Å²) in [5.74, 6) is 1.21. The molecule has 2 aromatic carbocycles. The van der Waals surface area contributed by atoms with E-state index in [2.05, 4.69) is 0 Å². The van der Waals surface area contributed by atoms with E-state index < -0.39 is 0 Å². The van der Waals surface area contributed by atoms with Crippen LogP contribution < -0.4 is 11.5 Å². The zero-order valence-electron chi connectivity index (χ0n) is 12.6. The molecule has 0 aliphatic carbocycles. The van der Waals surface area contributed by atoms with Crippen molar-refractivity contribution in [3.8, 4) is 22.6 Å². The number of nitrogens with one attached hydrogen (secondary N) is 2. The van der Waals surface area contributed by atoms with E-state index in [4.69, 9.17) is 38.3 Å². The van der Waals surface area contributed by atoms with Crippen molar-refractivity contribution < 1.29 is 4.42 Å². The van der Waals surface area contributed by atoms with Crippen LogP contribution in [0.2, 0.25) is 5.02 Å². The van der Waals surface area contributed by atoms with Crippen LogP contribution in [-0.4, -0.2) is 11.7 Å². The summed E-state index contributed by atoms with van der Waals surface area (Å²) in [4.78, 5) is 0. The van der Waals surface area contributed by atoms with Gasteiger partial charge >= 0.3 is 0 Å². The second-order valence-electron chi connectivity index (χ2n) is 5.27. The third kappa shape index (κ3) is 3.02. The number of hydrogen-bond acceptors (Lipinski definition) is 3. The Morgan fingerprint density at radius 2 is 1.25 bits per heavy atom. The highest BCUT2D eigenvalue weighted by Gasteiger charge is 2.13. The lowest BCUT2D eigenvalue weighted by atomic mass is 10.1. The third-order valence-electron chi connectivity index (χ3n) is 3.63. The number of nitrogen functional groups attached to an aromatic ring is 2. The lowest BCUT2D eigenvalue weighted by molar-refractivity contribution is 0.597. The van der Waals surface area contributed by atoms with Gasteiger partial charge in [0.1, 0.15) is 17.4 Å². The fourth-order valence-corrected chi connectivity index (χ4v) is 2.57. The number of furan rings is 1. The van der Waals surface area contributed by atoms with E-state index in [1.165, 1.54) is 0 Å². The minimum atomic E-state index is 0.0124. The lowest BCUT2D eigenvalue weighted by Crippen LogP contribution is -2.10. The Balaban J connectivity index is 1.95. The smallest absolute Gasteiger partial charge is 0.153 e. The van der Waals surface area contributed by atoms with Gasteiger partial charge in [0.2, 0.25) is 0 Å². The molecule has 0 fully saturated rings. The number of nitrogens with two attached hydrogens (primary N) is 2. The van der Waals surface area contributed by atoms with Gasteiger partial charge in [-0.1, -0.05) is 60.1 Å². The maximum atomic E-state index is 7.42. The van der Waals surface area contributed by atoms with Crippen molar-refractivity contribution in [2.75, 3.05) is 0 Å². The van der Waals surface area contributed by atoms with Crippen molar-refractivity contribution in [3.63, 3.8) is 0 Å². The number of hydrogen-bond donors (Lipinski definition) is 4. The Bertz CT molecular complexity index is 911. The maximum Gasteiger partial charge on any atom is 0.153 e. The summed E-state index contributed by atoms with van der Waals surface area (Å²) in [5, 5.41) is 15.3. The Morgan fingerprint density at radius 3 is 1.71 bits per heavy atom. The molecule has 1 heterocycles. The third-order valence-corrected chi connectivity index (χ3v) is 3.91. The fraction of sp³-hybridized carbons (Fsp3) is 0. The Morgan fingerprint density at radius 1 is 0.792 bits per heavy atom.